The summed E-state index contributed by atoms with van der Waals surface area (Å²) in [4.78, 5) is 0. The van der Waals surface area contributed by atoms with Gasteiger partial charge in [0.25, 0.3) is 0 Å². The minimum Gasteiger partial charge on any atom is -0.215 e. The summed E-state index contributed by atoms with van der Waals surface area (Å²) in [7, 11) is -3.15. The molecule has 0 heterocycles. The molecule has 4 heteroatoms. The van der Waals surface area contributed by atoms with Crippen LogP contribution in [0, 0.1) is 0 Å². The van der Waals surface area contributed by atoms with Gasteiger partial charge in [0.2, 0.25) is 10.0 Å². The lowest BCUT2D eigenvalue weighted by molar-refractivity contribution is 0.580. The van der Waals surface area contributed by atoms with Crippen LogP contribution < -0.4 is 4.72 Å². The first-order valence-corrected chi connectivity index (χ1v) is 6.30. The van der Waals surface area contributed by atoms with Crippen LogP contribution in [0.3, 0.4) is 0 Å². The van der Waals surface area contributed by atoms with Gasteiger partial charge in [-0.15, -0.1) is 0 Å². The third-order valence-electron chi connectivity index (χ3n) is 1.77. The molecule has 0 aliphatic carbocycles. The molecule has 0 fully saturated rings. The van der Waals surface area contributed by atoms with Crippen LogP contribution in [0.1, 0.15) is 18.9 Å². The number of sulfonamides is 1. The number of rotatable bonds is 5. The molecule has 0 atom stereocenters. The van der Waals surface area contributed by atoms with Gasteiger partial charge in [-0.25, -0.2) is 13.1 Å². The van der Waals surface area contributed by atoms with Crippen LogP contribution in [-0.4, -0.2) is 15.0 Å². The average Bonchev–Trinajstić information content (AvgIpc) is 2.16. The van der Waals surface area contributed by atoms with Gasteiger partial charge in [0.1, 0.15) is 0 Å². The van der Waals surface area contributed by atoms with E-state index >= 15 is 0 Å². The molecule has 1 N–H and O–H groups in total. The Labute approximate surface area is 85.2 Å². The first kappa shape index (κ1) is 11.2. The summed E-state index contributed by atoms with van der Waals surface area (Å²) in [6, 6.07) is 9.17. The van der Waals surface area contributed by atoms with Gasteiger partial charge in [-0.3, -0.25) is 0 Å². The van der Waals surface area contributed by atoms with Crippen molar-refractivity contribution >= 4 is 10.0 Å². The zero-order valence-electron chi connectivity index (χ0n) is 8.23. The fraction of sp³-hybridized carbons (Fsp3) is 0.400. The molecule has 0 aliphatic rings. The third-order valence-corrected chi connectivity index (χ3v) is 3.13. The molecule has 14 heavy (non-hydrogen) atoms. The number of benzene rings is 1. The molecule has 0 aromatic heterocycles. The summed E-state index contributed by atoms with van der Waals surface area (Å²) in [6.07, 6.45) is 0.814. The van der Waals surface area contributed by atoms with E-state index < -0.39 is 10.0 Å². The summed E-state index contributed by atoms with van der Waals surface area (Å²) < 4.78 is 25.4. The second-order valence-electron chi connectivity index (χ2n) is 3.14. The number of hydrogen-bond donors (Lipinski definition) is 1. The molecule has 78 valence electrons. The molecule has 0 bridgehead atoms. The van der Waals surface area contributed by atoms with E-state index in [4.69, 9.17) is 0 Å². The van der Waals surface area contributed by atoms with Crippen molar-refractivity contribution < 1.29 is 8.42 Å². The molecule has 1 rings (SSSR count). The second-order valence-corrected chi connectivity index (χ2v) is 4.95. The van der Waals surface area contributed by atoms with Crippen molar-refractivity contribution in [3.8, 4) is 0 Å². The van der Waals surface area contributed by atoms with Crippen LogP contribution in [0.4, 0.5) is 0 Å². The Hall–Kier alpha value is -0.870. The van der Waals surface area contributed by atoms with Crippen molar-refractivity contribution in [3.05, 3.63) is 35.9 Å². The maximum atomic E-state index is 11.4. The predicted octanol–water partition coefficient (Wildman–Crippen LogP) is 1.52. The lowest BCUT2D eigenvalue weighted by atomic mass is 10.2. The second kappa shape index (κ2) is 5.12. The van der Waals surface area contributed by atoms with E-state index in [1.165, 1.54) is 0 Å². The minimum atomic E-state index is -3.15. The number of hydrogen-bond acceptors (Lipinski definition) is 2. The maximum absolute atomic E-state index is 11.4. The summed E-state index contributed by atoms with van der Waals surface area (Å²) in [6.45, 7) is 2.44. The van der Waals surface area contributed by atoms with Gasteiger partial charge in [-0.1, -0.05) is 37.3 Å². The van der Waals surface area contributed by atoms with Gasteiger partial charge >= 0.3 is 0 Å². The quantitative estimate of drug-likeness (QED) is 0.806. The van der Waals surface area contributed by atoms with E-state index in [0.717, 1.165) is 12.0 Å². The highest BCUT2D eigenvalue weighted by Crippen LogP contribution is 2.03. The monoisotopic (exact) mass is 213 g/mol. The molecule has 0 amide bonds. The molecule has 0 saturated carbocycles. The number of nitrogens with one attached hydrogen (secondary N) is 1. The van der Waals surface area contributed by atoms with Crippen molar-refractivity contribution in [2.75, 3.05) is 6.54 Å². The zero-order valence-corrected chi connectivity index (χ0v) is 9.05. The average molecular weight is 213 g/mol. The minimum absolute atomic E-state index is 0.0633. The molecular weight excluding hydrogens is 198 g/mol. The standard InChI is InChI=1S/C10H15NO2S/c1-2-8-11-14(12,13)9-10-6-4-3-5-7-10/h3-7,11H,2,8-9H2,1H3. The molecule has 1 aromatic carbocycles. The Bertz CT molecular complexity index is 359. The highest BCUT2D eigenvalue weighted by Gasteiger charge is 2.09. The molecular formula is C10H15NO2S. The lowest BCUT2D eigenvalue weighted by Crippen LogP contribution is -2.25. The molecule has 0 aliphatic heterocycles. The Morgan fingerprint density at radius 3 is 2.43 bits per heavy atom. The highest BCUT2D eigenvalue weighted by atomic mass is 32.2. The Morgan fingerprint density at radius 1 is 1.21 bits per heavy atom. The van der Waals surface area contributed by atoms with E-state index in [9.17, 15) is 8.42 Å². The fourth-order valence-electron chi connectivity index (χ4n) is 1.10. The first-order chi connectivity index (χ1) is 6.64. The van der Waals surface area contributed by atoms with Crippen LogP contribution in [0.2, 0.25) is 0 Å². The first-order valence-electron chi connectivity index (χ1n) is 4.65. The summed E-state index contributed by atoms with van der Waals surface area (Å²) in [5.41, 5.74) is 0.816. The van der Waals surface area contributed by atoms with Gasteiger partial charge in [0, 0.05) is 6.54 Å². The van der Waals surface area contributed by atoms with Crippen molar-refractivity contribution in [2.45, 2.75) is 19.1 Å². The van der Waals surface area contributed by atoms with Gasteiger partial charge in [0.15, 0.2) is 0 Å². The molecule has 0 radical (unpaired) electrons. The van der Waals surface area contributed by atoms with E-state index in [1.807, 2.05) is 37.3 Å². The normalized spacial score (nSPS) is 11.5. The lowest BCUT2D eigenvalue weighted by Gasteiger charge is -2.04. The topological polar surface area (TPSA) is 46.2 Å². The Morgan fingerprint density at radius 2 is 1.86 bits per heavy atom. The van der Waals surface area contributed by atoms with E-state index in [0.29, 0.717) is 6.54 Å². The molecule has 0 spiro atoms. The van der Waals surface area contributed by atoms with Crippen LogP contribution >= 0.6 is 0 Å². The zero-order chi connectivity index (χ0) is 10.4. The summed E-state index contributed by atoms with van der Waals surface area (Å²) >= 11 is 0. The van der Waals surface area contributed by atoms with Crippen molar-refractivity contribution in [2.24, 2.45) is 0 Å². The molecule has 0 unspecified atom stereocenters. The van der Waals surface area contributed by atoms with E-state index in [-0.39, 0.29) is 5.75 Å². The van der Waals surface area contributed by atoms with E-state index in [1.54, 1.807) is 0 Å². The van der Waals surface area contributed by atoms with Crippen LogP contribution in [0.25, 0.3) is 0 Å². The molecule has 1 aromatic rings. The maximum Gasteiger partial charge on any atom is 0.215 e. The van der Waals surface area contributed by atoms with Crippen molar-refractivity contribution in [1.29, 1.82) is 0 Å². The SMILES string of the molecule is CCCNS(=O)(=O)Cc1ccccc1. The van der Waals surface area contributed by atoms with Crippen LogP contribution in [0.15, 0.2) is 30.3 Å². The fourth-order valence-corrected chi connectivity index (χ4v) is 2.35. The van der Waals surface area contributed by atoms with Crippen molar-refractivity contribution in [1.82, 2.24) is 4.72 Å². The van der Waals surface area contributed by atoms with Gasteiger partial charge in [0.05, 0.1) is 5.75 Å². The Kier molecular flexibility index (Phi) is 4.10. The Balaban J connectivity index is 2.60. The van der Waals surface area contributed by atoms with Crippen molar-refractivity contribution in [3.63, 3.8) is 0 Å². The largest absolute Gasteiger partial charge is 0.215 e. The van der Waals surface area contributed by atoms with Gasteiger partial charge in [-0.05, 0) is 12.0 Å². The predicted molar refractivity (Wildman–Crippen MR) is 57.4 cm³/mol. The highest BCUT2D eigenvalue weighted by molar-refractivity contribution is 7.88. The van der Waals surface area contributed by atoms with Crippen LogP contribution in [0.5, 0.6) is 0 Å². The van der Waals surface area contributed by atoms with Gasteiger partial charge < -0.3 is 0 Å². The van der Waals surface area contributed by atoms with E-state index in [2.05, 4.69) is 4.72 Å². The molecule has 3 nitrogen and oxygen atoms in total. The van der Waals surface area contributed by atoms with Gasteiger partial charge in [-0.2, -0.15) is 0 Å². The summed E-state index contributed by atoms with van der Waals surface area (Å²) in [5.74, 6) is 0.0633. The molecule has 0 saturated heterocycles. The summed E-state index contributed by atoms with van der Waals surface area (Å²) in [5, 5.41) is 0. The smallest absolute Gasteiger partial charge is 0.215 e. The third kappa shape index (κ3) is 3.89. The van der Waals surface area contributed by atoms with Crippen LogP contribution in [-0.2, 0) is 15.8 Å².